The first kappa shape index (κ1) is 21.4. The molecule has 0 saturated carbocycles. The Kier molecular flexibility index (Phi) is 8.86. The minimum atomic E-state index is -3.90. The number of nitrogens with zero attached hydrogens (tertiary/aromatic N) is 1. The van der Waals surface area contributed by atoms with Gasteiger partial charge in [0.05, 0.1) is 10.0 Å². The maximum Gasteiger partial charge on any atom is 2.00 e. The molecule has 0 aliphatic rings. The first-order valence-electron chi connectivity index (χ1n) is 6.31. The minimum absolute atomic E-state index is 0. The third kappa shape index (κ3) is 6.58. The maximum atomic E-state index is 11.4. The number of aliphatic imine (C=N–C) groups is 1. The van der Waals surface area contributed by atoms with Crippen LogP contribution in [0.25, 0.3) is 5.14 Å². The zero-order chi connectivity index (χ0) is 15.3. The Bertz CT molecular complexity index is 746. The van der Waals surface area contributed by atoms with Gasteiger partial charge in [0.2, 0.25) is 0 Å². The molecule has 0 spiro atoms. The molecule has 0 amide bonds. The van der Waals surface area contributed by atoms with Crippen LogP contribution >= 0.6 is 0 Å². The molecule has 23 heavy (non-hydrogen) atoms. The Hall–Kier alpha value is -1.60. The Morgan fingerprint density at radius 2 is 1.70 bits per heavy atom. The second-order valence-corrected chi connectivity index (χ2v) is 5.95. The third-order valence-electron chi connectivity index (χ3n) is 2.91. The molecular weight excluding hydrogens is 370 g/mol. The fraction of sp³-hybridized carbons (Fsp3) is 0.133. The van der Waals surface area contributed by atoms with Crippen LogP contribution in [0, 0.1) is 0 Å². The molecule has 3 N–H and O–H groups in total. The van der Waals surface area contributed by atoms with Gasteiger partial charge in [0.1, 0.15) is 0 Å². The molecule has 6 nitrogen and oxygen atoms in total. The van der Waals surface area contributed by atoms with Crippen LogP contribution in [0.2, 0.25) is 0 Å². The molecule has 2 rings (SSSR count). The van der Waals surface area contributed by atoms with Gasteiger partial charge in [-0.1, -0.05) is 36.4 Å². The number of benzene rings is 2. The number of nitrogens with one attached hydrogen (secondary N) is 1. The molecule has 0 aliphatic heterocycles. The Balaban J connectivity index is 0.00000242. The van der Waals surface area contributed by atoms with Gasteiger partial charge in [-0.05, 0) is 29.7 Å². The molecule has 8 heteroatoms. The predicted molar refractivity (Wildman–Crippen MR) is 83.6 cm³/mol. The van der Waals surface area contributed by atoms with Crippen LogP contribution in [0.4, 0.5) is 0 Å². The maximum absolute atomic E-state index is 11.4. The molecule has 2 aromatic carbocycles. The molecule has 0 fully saturated rings. The van der Waals surface area contributed by atoms with Crippen LogP contribution in [-0.2, 0) is 35.9 Å². The topological polar surface area (TPSA) is 125 Å². The zero-order valence-electron chi connectivity index (χ0n) is 12.4. The van der Waals surface area contributed by atoms with E-state index in [4.69, 9.17) is 5.14 Å². The summed E-state index contributed by atoms with van der Waals surface area (Å²) >= 11 is 0. The van der Waals surface area contributed by atoms with Gasteiger partial charge in [-0.3, -0.25) is 4.99 Å². The number of hydrogen-bond acceptors (Lipinski definition) is 4. The molecule has 0 radical (unpaired) electrons. The van der Waals surface area contributed by atoms with Crippen molar-refractivity contribution >= 4 is 16.2 Å². The van der Waals surface area contributed by atoms with E-state index in [-0.39, 0.29) is 35.6 Å². The summed E-state index contributed by atoms with van der Waals surface area (Å²) in [6, 6.07) is 12.8. The summed E-state index contributed by atoms with van der Waals surface area (Å²) in [5.41, 5.74) is 1.48. The van der Waals surface area contributed by atoms with Gasteiger partial charge in [-0.25, -0.2) is 8.42 Å². The number of hydrogen-bond donors (Lipinski definition) is 0. The van der Waals surface area contributed by atoms with Gasteiger partial charge < -0.3 is 15.7 Å². The normalized spacial score (nSPS) is 10.8. The average Bonchev–Trinajstić information content (AvgIpc) is 2.45. The first-order valence-corrected chi connectivity index (χ1v) is 7.79. The first-order chi connectivity index (χ1) is 9.97. The fourth-order valence-corrected chi connectivity index (χ4v) is 2.27. The number of rotatable bonds is 5. The van der Waals surface area contributed by atoms with E-state index >= 15 is 0 Å². The van der Waals surface area contributed by atoms with Crippen molar-refractivity contribution in [3.8, 4) is 5.75 Å². The average molecular weight is 386 g/mol. The van der Waals surface area contributed by atoms with Crippen LogP contribution in [-0.4, -0.2) is 26.7 Å². The summed E-state index contributed by atoms with van der Waals surface area (Å²) in [6.45, 7) is 0.501. The molecule has 2 aromatic rings. The summed E-state index contributed by atoms with van der Waals surface area (Å²) in [5, 5.41) is 18.4. The smallest absolute Gasteiger partial charge is 0.872 e. The van der Waals surface area contributed by atoms with E-state index in [0.717, 1.165) is 5.56 Å². The summed E-state index contributed by atoms with van der Waals surface area (Å²) in [5.74, 6) is -0.0637. The monoisotopic (exact) mass is 384 g/mol. The van der Waals surface area contributed by atoms with Crippen LogP contribution < -0.4 is 5.11 Å². The van der Waals surface area contributed by atoms with E-state index < -0.39 is 10.0 Å². The minimum Gasteiger partial charge on any atom is -0.872 e. The van der Waals surface area contributed by atoms with E-state index in [0.29, 0.717) is 18.5 Å². The van der Waals surface area contributed by atoms with E-state index in [1.165, 1.54) is 18.2 Å². The number of para-hydroxylation sites is 1. The van der Waals surface area contributed by atoms with Crippen LogP contribution in [0.15, 0.2) is 58.4 Å². The van der Waals surface area contributed by atoms with Crippen LogP contribution in [0.5, 0.6) is 5.75 Å². The second-order valence-electron chi connectivity index (χ2n) is 4.47. The molecule has 0 heterocycles. The second kappa shape index (κ2) is 9.52. The molecule has 0 aliphatic carbocycles. The van der Waals surface area contributed by atoms with Crippen molar-refractivity contribution in [1.82, 2.24) is 0 Å². The predicted octanol–water partition coefficient (Wildman–Crippen LogP) is 1.34. The van der Waals surface area contributed by atoms with E-state index in [1.54, 1.807) is 36.5 Å². The molecular formula is C15H16N2O4SZn. The zero-order valence-corrected chi connectivity index (χ0v) is 16.2. The van der Waals surface area contributed by atoms with Gasteiger partial charge in [-0.15, -0.1) is 5.75 Å². The van der Waals surface area contributed by atoms with Crippen LogP contribution in [0.3, 0.4) is 0 Å². The summed E-state index contributed by atoms with van der Waals surface area (Å²) < 4.78 is 22.0. The quantitative estimate of drug-likeness (QED) is 0.569. The fourth-order valence-electron chi connectivity index (χ4n) is 1.78. The van der Waals surface area contributed by atoms with E-state index in [1.807, 2.05) is 0 Å². The van der Waals surface area contributed by atoms with Gasteiger partial charge >= 0.3 is 19.5 Å². The molecule has 118 valence electrons. The Morgan fingerprint density at radius 1 is 1.09 bits per heavy atom. The summed E-state index contributed by atoms with van der Waals surface area (Å²) in [4.78, 5) is 4.17. The van der Waals surface area contributed by atoms with Crippen molar-refractivity contribution in [3.05, 3.63) is 64.8 Å². The van der Waals surface area contributed by atoms with E-state index in [2.05, 4.69) is 4.99 Å². The van der Waals surface area contributed by atoms with Gasteiger partial charge in [0, 0.05) is 17.7 Å². The molecule has 0 aromatic heterocycles. The summed E-state index contributed by atoms with van der Waals surface area (Å²) in [6.07, 6.45) is 2.18. The van der Waals surface area contributed by atoms with Gasteiger partial charge in [-0.2, -0.15) is 0 Å². The number of sulfonamides is 1. The van der Waals surface area contributed by atoms with E-state index in [9.17, 15) is 13.5 Å². The standard InChI is InChI=1S/C15H15N2O3S.H2O.Zn/c16-21(19,20)14-7-5-12(6-8-14)9-10-17-11-13-3-1-2-4-15(13)18;;/h1-8,11H,9-10H2,(H2-,16,17,18,19,20);1H2;/q-1;;+2/p-1. The van der Waals surface area contributed by atoms with Gasteiger partial charge in [0.15, 0.2) is 0 Å². The molecule has 0 unspecified atom stereocenters. The summed E-state index contributed by atoms with van der Waals surface area (Å²) in [7, 11) is -3.90. The van der Waals surface area contributed by atoms with Crippen molar-refractivity contribution in [3.63, 3.8) is 0 Å². The Labute approximate surface area is 148 Å². The Morgan fingerprint density at radius 3 is 2.26 bits per heavy atom. The van der Waals surface area contributed by atoms with Crippen molar-refractivity contribution in [2.45, 2.75) is 11.3 Å². The van der Waals surface area contributed by atoms with Crippen molar-refractivity contribution in [1.29, 1.82) is 0 Å². The van der Waals surface area contributed by atoms with Crippen molar-refractivity contribution in [2.24, 2.45) is 4.99 Å². The molecule has 0 bridgehead atoms. The SMILES string of the molecule is O.[NH-]S(=O)(=O)c1ccc(CCN=Cc2ccccc2[O-])cc1.[Zn+2]. The van der Waals surface area contributed by atoms with Gasteiger partial charge in [0.25, 0.3) is 0 Å². The van der Waals surface area contributed by atoms with Crippen molar-refractivity contribution < 1.29 is 38.5 Å². The van der Waals surface area contributed by atoms with Crippen LogP contribution in [0.1, 0.15) is 11.1 Å². The van der Waals surface area contributed by atoms with Crippen molar-refractivity contribution in [2.75, 3.05) is 6.54 Å². The third-order valence-corrected chi connectivity index (χ3v) is 3.81. The largest absolute Gasteiger partial charge is 2.00 e. The molecule has 0 atom stereocenters. The molecule has 0 saturated heterocycles.